The monoisotopic (exact) mass is 803 g/mol. The van der Waals surface area contributed by atoms with Gasteiger partial charge in [0.15, 0.2) is 0 Å². The Morgan fingerprint density at radius 1 is 0.843 bits per heavy atom. The van der Waals surface area contributed by atoms with E-state index in [0.29, 0.717) is 46.7 Å². The molecule has 0 spiro atoms. The van der Waals surface area contributed by atoms with Crippen LogP contribution >= 0.6 is 46.4 Å². The van der Waals surface area contributed by atoms with E-state index in [0.717, 1.165) is 63.8 Å². The lowest BCUT2D eigenvalue weighted by atomic mass is 9.74. The summed E-state index contributed by atoms with van der Waals surface area (Å²) in [6.07, 6.45) is -0.0946. The second-order valence-electron chi connectivity index (χ2n) is 13.6. The van der Waals surface area contributed by atoms with Gasteiger partial charge in [0.2, 0.25) is 6.29 Å². The normalized spacial score (nSPS) is 16.9. The van der Waals surface area contributed by atoms with E-state index in [9.17, 15) is 18.0 Å². The molecule has 14 heteroatoms. The molecule has 290 valence electrons. The average Bonchev–Trinajstić information content (AvgIpc) is 3.05. The topological polar surface area (TPSA) is 77.1 Å². The number of amides is 1. The fourth-order valence-electron chi connectivity index (χ4n) is 5.97. The maximum absolute atomic E-state index is 12.3. The number of rotatable bonds is 8. The van der Waals surface area contributed by atoms with Gasteiger partial charge in [0.1, 0.15) is 5.60 Å². The van der Waals surface area contributed by atoms with Gasteiger partial charge in [0.25, 0.3) is 0 Å². The molecular weight excluding hydrogens is 751 g/mol. The van der Waals surface area contributed by atoms with Crippen LogP contribution in [0.3, 0.4) is 0 Å². The maximum atomic E-state index is 12.3. The predicted molar refractivity (Wildman–Crippen MR) is 202 cm³/mol. The van der Waals surface area contributed by atoms with E-state index < -0.39 is 18.1 Å². The molecule has 2 aliphatic heterocycles. The Labute approximate surface area is 323 Å². The molecule has 0 radical (unpaired) electrons. The molecule has 2 aromatic carbocycles. The van der Waals surface area contributed by atoms with Gasteiger partial charge in [0.05, 0.1) is 33.3 Å². The van der Waals surface area contributed by atoms with Crippen molar-refractivity contribution in [3.05, 3.63) is 67.6 Å². The number of hydrogen-bond acceptors (Lipinski definition) is 6. The number of halogens is 7. The minimum Gasteiger partial charge on any atom is -0.444 e. The number of carbonyl (C=O) groups is 2. The molecule has 1 N–H and O–H groups in total. The Kier molecular flexibility index (Phi) is 20.0. The van der Waals surface area contributed by atoms with Gasteiger partial charge in [-0.25, -0.2) is 4.79 Å². The highest BCUT2D eigenvalue weighted by molar-refractivity contribution is 6.42. The minimum absolute atomic E-state index is 0.00950. The van der Waals surface area contributed by atoms with Crippen LogP contribution in [0.15, 0.2) is 36.4 Å². The molecule has 0 aliphatic carbocycles. The summed E-state index contributed by atoms with van der Waals surface area (Å²) in [7, 11) is 3.50. The van der Waals surface area contributed by atoms with Crippen LogP contribution in [0, 0.1) is 10.8 Å². The summed E-state index contributed by atoms with van der Waals surface area (Å²) < 4.78 is 53.9. The molecule has 0 unspecified atom stereocenters. The van der Waals surface area contributed by atoms with Crippen molar-refractivity contribution in [3.8, 4) is 0 Å². The predicted octanol–water partition coefficient (Wildman–Crippen LogP) is 10.5. The van der Waals surface area contributed by atoms with Crippen molar-refractivity contribution in [3.63, 3.8) is 0 Å². The van der Waals surface area contributed by atoms with Crippen LogP contribution in [0.1, 0.15) is 72.8 Å². The molecule has 0 aromatic heterocycles. The van der Waals surface area contributed by atoms with E-state index in [1.165, 1.54) is 5.56 Å². The minimum atomic E-state index is -4.64. The van der Waals surface area contributed by atoms with E-state index in [1.807, 2.05) is 51.1 Å². The van der Waals surface area contributed by atoms with Crippen LogP contribution in [0.4, 0.5) is 18.0 Å². The largest absolute Gasteiger partial charge is 0.446 e. The number of aldehydes is 1. The molecule has 2 saturated heterocycles. The molecule has 2 aliphatic rings. The number of piperidine rings is 2. The highest BCUT2D eigenvalue weighted by atomic mass is 35.5. The zero-order chi connectivity index (χ0) is 39.6. The number of nitrogens with zero attached hydrogens (tertiary/aromatic N) is 1. The van der Waals surface area contributed by atoms with E-state index in [2.05, 4.69) is 11.4 Å². The van der Waals surface area contributed by atoms with Crippen LogP contribution < -0.4 is 5.32 Å². The molecule has 4 rings (SSSR count). The van der Waals surface area contributed by atoms with Gasteiger partial charge in [0, 0.05) is 39.5 Å². The summed E-state index contributed by atoms with van der Waals surface area (Å²) in [6.45, 7) is 12.8. The molecule has 2 heterocycles. The zero-order valence-corrected chi connectivity index (χ0v) is 33.4. The third-order valence-electron chi connectivity index (χ3n) is 8.30. The lowest BCUT2D eigenvalue weighted by Gasteiger charge is -2.41. The summed E-state index contributed by atoms with van der Waals surface area (Å²) in [5.74, 6) is 0. The van der Waals surface area contributed by atoms with Crippen molar-refractivity contribution in [2.75, 3.05) is 53.6 Å². The fraction of sp³-hybridized carbons (Fsp3) is 0.622. The first-order chi connectivity index (χ1) is 24.3. The molecule has 1 amide bonds. The van der Waals surface area contributed by atoms with Crippen molar-refractivity contribution in [2.45, 2.75) is 84.9 Å². The standard InChI is InChI=1S/C19H27Cl2NO3.C14H19Cl2NO.C2HF3O.C2H6/c1-18(2,3)25-17(23)22-9-7-19(8-10-22,13-24-4)12-14-5-6-15(20)16(21)11-14;1-18-10-14(4-6-17-7-5-14)9-11-2-3-12(15)13(16)8-11;3-2(4,5)1-6;1-2/h5-6,11H,7-10,12-13H2,1-4H3;2-3,8,17H,4-7,9-10H2,1H3;1H;1-2H3/i;;;1D. The van der Waals surface area contributed by atoms with E-state index in [1.54, 1.807) is 26.0 Å². The first kappa shape index (κ1) is 45.4. The van der Waals surface area contributed by atoms with Crippen molar-refractivity contribution < 1.29 is 38.3 Å². The second kappa shape index (κ2) is 22.4. The number of hydrogen-bond donors (Lipinski definition) is 1. The number of nitrogens with one attached hydrogen (secondary N) is 1. The molecule has 0 bridgehead atoms. The van der Waals surface area contributed by atoms with Crippen LogP contribution in [-0.4, -0.2) is 82.7 Å². The van der Waals surface area contributed by atoms with Gasteiger partial charge in [-0.2, -0.15) is 13.2 Å². The number of methoxy groups -OCH3 is 2. The lowest BCUT2D eigenvalue weighted by Crippen LogP contribution is -2.47. The van der Waals surface area contributed by atoms with Crippen molar-refractivity contribution in [1.82, 2.24) is 10.2 Å². The van der Waals surface area contributed by atoms with Crippen LogP contribution in [0.5, 0.6) is 0 Å². The molecule has 2 aromatic rings. The second-order valence-corrected chi connectivity index (χ2v) is 15.2. The highest BCUT2D eigenvalue weighted by Crippen LogP contribution is 2.38. The summed E-state index contributed by atoms with van der Waals surface area (Å²) >= 11 is 24.2. The van der Waals surface area contributed by atoms with Crippen LogP contribution in [-0.2, 0) is 31.8 Å². The molecule has 0 atom stereocenters. The average molecular weight is 806 g/mol. The summed E-state index contributed by atoms with van der Waals surface area (Å²) in [4.78, 5) is 22.8. The highest BCUT2D eigenvalue weighted by Gasteiger charge is 2.37. The van der Waals surface area contributed by atoms with Gasteiger partial charge in [-0.1, -0.05) is 72.4 Å². The van der Waals surface area contributed by atoms with Crippen LogP contribution in [0.2, 0.25) is 20.1 Å². The molecule has 51 heavy (non-hydrogen) atoms. The molecular formula is C37H53Cl4F3N2O5. The Morgan fingerprint density at radius 2 is 1.24 bits per heavy atom. The molecule has 2 fully saturated rings. The van der Waals surface area contributed by atoms with E-state index in [-0.39, 0.29) is 16.9 Å². The fourth-order valence-corrected chi connectivity index (χ4v) is 6.61. The quantitative estimate of drug-likeness (QED) is 0.268. The third kappa shape index (κ3) is 17.7. The summed E-state index contributed by atoms with van der Waals surface area (Å²) in [5.41, 5.74) is 2.13. The Bertz CT molecular complexity index is 1360. The Balaban J connectivity index is 0.000000435. The zero-order valence-electron chi connectivity index (χ0n) is 31.4. The first-order valence-corrected chi connectivity index (χ1v) is 18.1. The number of ether oxygens (including phenoxy) is 3. The maximum Gasteiger partial charge on any atom is 0.446 e. The van der Waals surface area contributed by atoms with Gasteiger partial charge < -0.3 is 24.4 Å². The van der Waals surface area contributed by atoms with Crippen molar-refractivity contribution in [1.29, 1.82) is 0 Å². The molecule has 0 saturated carbocycles. The smallest absolute Gasteiger partial charge is 0.444 e. The van der Waals surface area contributed by atoms with E-state index >= 15 is 0 Å². The SMILES string of the molecule is COCC1(Cc2ccc(Cl)c(Cl)c2)CCN(C(=O)OC(C)(C)C)CC1.COCC1(Cc2ccc(Cl)c(Cl)c2)CCNCC1.O=CC(F)(F)F.[2H]CC. The van der Waals surface area contributed by atoms with E-state index in [4.69, 9.17) is 66.8 Å². The molecule has 7 nitrogen and oxygen atoms in total. The third-order valence-corrected chi connectivity index (χ3v) is 9.78. The van der Waals surface area contributed by atoms with Crippen molar-refractivity contribution in [2.24, 2.45) is 10.8 Å². The number of likely N-dealkylation sites (tertiary alicyclic amines) is 1. The van der Waals surface area contributed by atoms with Gasteiger partial charge in [-0.15, -0.1) is 0 Å². The lowest BCUT2D eigenvalue weighted by molar-refractivity contribution is -0.156. The number of benzene rings is 2. The van der Waals surface area contributed by atoms with Gasteiger partial charge >= 0.3 is 12.3 Å². The number of carbonyl (C=O) groups excluding carboxylic acids is 2. The first-order valence-electron chi connectivity index (χ1n) is 17.3. The Morgan fingerprint density at radius 3 is 1.57 bits per heavy atom. The summed E-state index contributed by atoms with van der Waals surface area (Å²) in [5, 5.41) is 5.78. The van der Waals surface area contributed by atoms with Gasteiger partial charge in [-0.05, 0) is 108 Å². The Hall–Kier alpha value is -1.79. The summed E-state index contributed by atoms with van der Waals surface area (Å²) in [6, 6.07) is 11.7. The number of alkyl halides is 3. The van der Waals surface area contributed by atoms with Crippen molar-refractivity contribution >= 4 is 58.8 Å². The van der Waals surface area contributed by atoms with Crippen LogP contribution in [0.25, 0.3) is 0 Å². The van der Waals surface area contributed by atoms with Gasteiger partial charge in [-0.3, -0.25) is 4.79 Å².